The van der Waals surface area contributed by atoms with E-state index in [0.717, 1.165) is 0 Å². The van der Waals surface area contributed by atoms with E-state index in [9.17, 15) is 0 Å². The van der Waals surface area contributed by atoms with Gasteiger partial charge in [-0.2, -0.15) is 0 Å². The van der Waals surface area contributed by atoms with E-state index in [2.05, 4.69) is 102 Å². The van der Waals surface area contributed by atoms with Crippen molar-refractivity contribution < 1.29 is 0 Å². The van der Waals surface area contributed by atoms with Crippen LogP contribution in [-0.2, 0) is 0 Å². The zero-order chi connectivity index (χ0) is 25.8. The van der Waals surface area contributed by atoms with Gasteiger partial charge in [0.1, 0.15) is 0 Å². The zero-order valence-electron chi connectivity index (χ0n) is 22.0. The summed E-state index contributed by atoms with van der Waals surface area (Å²) in [6, 6.07) is 23.1. The second-order valence-corrected chi connectivity index (χ2v) is 15.9. The molecule has 37 heavy (non-hydrogen) atoms. The number of rotatable bonds is 6. The van der Waals surface area contributed by atoms with Crippen molar-refractivity contribution in [1.29, 1.82) is 0 Å². The number of hydrogen-bond donors (Lipinski definition) is 0. The largest absolute Gasteiger partial charge is 0.140 e. The summed E-state index contributed by atoms with van der Waals surface area (Å²) in [5.74, 6) is 1.05. The predicted molar refractivity (Wildman–Crippen MR) is 173 cm³/mol. The standard InChI is InChI=1S/C32H30S5/c1-17(2)21-15-19(5)31(18(3)4)32-22(21)16-30(37-32)29-14-13-28(36-29)27-12-11-26(35-27)25-10-9-24(34-25)23-8-7-20(6)33-23/h7-18H,1-6H3. The molecule has 0 bridgehead atoms. The van der Waals surface area contributed by atoms with Gasteiger partial charge in [0.25, 0.3) is 0 Å². The average Bonchev–Trinajstić information content (AvgIpc) is 3.66. The van der Waals surface area contributed by atoms with Crippen molar-refractivity contribution in [2.45, 2.75) is 53.4 Å². The smallest absolute Gasteiger partial charge is 0.0455 e. The predicted octanol–water partition coefficient (Wildman–Crippen LogP) is 12.7. The van der Waals surface area contributed by atoms with Gasteiger partial charge in [0.2, 0.25) is 0 Å². The Balaban J connectivity index is 1.33. The molecular formula is C32H30S5. The molecule has 6 rings (SSSR count). The van der Waals surface area contributed by atoms with Crippen LogP contribution in [0.3, 0.4) is 0 Å². The van der Waals surface area contributed by atoms with Crippen molar-refractivity contribution in [3.05, 3.63) is 82.2 Å². The molecule has 0 atom stereocenters. The third kappa shape index (κ3) is 4.70. The second kappa shape index (κ2) is 9.94. The number of hydrogen-bond acceptors (Lipinski definition) is 5. The van der Waals surface area contributed by atoms with Gasteiger partial charge in [-0.25, -0.2) is 0 Å². The molecule has 0 spiro atoms. The molecule has 0 fully saturated rings. The minimum absolute atomic E-state index is 0.523. The normalized spacial score (nSPS) is 12.0. The van der Waals surface area contributed by atoms with E-state index in [0.29, 0.717) is 11.8 Å². The molecule has 5 heterocycles. The molecule has 0 aliphatic heterocycles. The first-order valence-electron chi connectivity index (χ1n) is 12.7. The quantitative estimate of drug-likeness (QED) is 0.186. The maximum atomic E-state index is 2.45. The summed E-state index contributed by atoms with van der Waals surface area (Å²) in [4.78, 5) is 12.3. The van der Waals surface area contributed by atoms with Gasteiger partial charge in [0.05, 0.1) is 0 Å². The van der Waals surface area contributed by atoms with Crippen molar-refractivity contribution in [1.82, 2.24) is 0 Å². The number of aryl methyl sites for hydroxylation is 2. The number of thiophene rings is 5. The molecule has 0 N–H and O–H groups in total. The fourth-order valence-corrected chi connectivity index (χ4v) is 10.7. The minimum Gasteiger partial charge on any atom is -0.140 e. The van der Waals surface area contributed by atoms with Crippen LogP contribution < -0.4 is 0 Å². The summed E-state index contributed by atoms with van der Waals surface area (Å²) >= 11 is 9.59. The van der Waals surface area contributed by atoms with Crippen molar-refractivity contribution in [3.8, 4) is 39.0 Å². The van der Waals surface area contributed by atoms with Gasteiger partial charge in [0, 0.05) is 48.6 Å². The second-order valence-electron chi connectivity index (χ2n) is 10.3. The van der Waals surface area contributed by atoms with Crippen LogP contribution in [0.2, 0.25) is 0 Å². The highest BCUT2D eigenvalue weighted by molar-refractivity contribution is 7.30. The Morgan fingerprint density at radius 3 is 1.38 bits per heavy atom. The number of benzene rings is 1. The highest BCUT2D eigenvalue weighted by Gasteiger charge is 2.19. The molecule has 188 valence electrons. The molecule has 0 radical (unpaired) electrons. The van der Waals surface area contributed by atoms with Crippen LogP contribution in [0.4, 0.5) is 0 Å². The molecule has 1 aromatic carbocycles. The van der Waals surface area contributed by atoms with Crippen molar-refractivity contribution in [2.75, 3.05) is 0 Å². The number of fused-ring (bicyclic) bond motifs is 1. The Kier molecular flexibility index (Phi) is 6.79. The van der Waals surface area contributed by atoms with E-state index >= 15 is 0 Å². The summed E-state index contributed by atoms with van der Waals surface area (Å²) in [5.41, 5.74) is 4.43. The summed E-state index contributed by atoms with van der Waals surface area (Å²) in [5, 5.41) is 1.45. The Labute approximate surface area is 239 Å². The van der Waals surface area contributed by atoms with Gasteiger partial charge < -0.3 is 0 Å². The van der Waals surface area contributed by atoms with Gasteiger partial charge in [0.15, 0.2) is 0 Å². The Morgan fingerprint density at radius 2 is 0.946 bits per heavy atom. The van der Waals surface area contributed by atoms with Crippen LogP contribution >= 0.6 is 56.7 Å². The van der Waals surface area contributed by atoms with E-state index in [1.54, 1.807) is 0 Å². The summed E-state index contributed by atoms with van der Waals surface area (Å²) in [6.07, 6.45) is 0. The molecule has 0 amide bonds. The minimum atomic E-state index is 0.523. The molecule has 0 nitrogen and oxygen atoms in total. The maximum absolute atomic E-state index is 2.45. The summed E-state index contributed by atoms with van der Waals surface area (Å²) < 4.78 is 1.48. The summed E-state index contributed by atoms with van der Waals surface area (Å²) in [7, 11) is 0. The van der Waals surface area contributed by atoms with Crippen LogP contribution in [0.15, 0.2) is 60.7 Å². The topological polar surface area (TPSA) is 0 Å². The molecule has 0 aliphatic rings. The third-order valence-electron chi connectivity index (χ3n) is 6.81. The first-order chi connectivity index (χ1) is 17.8. The molecule has 5 aromatic heterocycles. The molecule has 0 aliphatic carbocycles. The van der Waals surface area contributed by atoms with Crippen molar-refractivity contribution in [2.24, 2.45) is 0 Å². The van der Waals surface area contributed by atoms with Gasteiger partial charge in [-0.15, -0.1) is 56.7 Å². The SMILES string of the molecule is Cc1ccc(-c2ccc(-c3ccc(-c4ccc(-c5cc6c(C(C)C)cc(C)c(C(C)C)c6s5)s4)s3)s2)s1. The van der Waals surface area contributed by atoms with Crippen LogP contribution in [-0.4, -0.2) is 0 Å². The lowest BCUT2D eigenvalue weighted by Gasteiger charge is -2.16. The average molecular weight is 575 g/mol. The highest BCUT2D eigenvalue weighted by atomic mass is 32.1. The van der Waals surface area contributed by atoms with E-state index in [-0.39, 0.29) is 0 Å². The van der Waals surface area contributed by atoms with Gasteiger partial charge in [-0.1, -0.05) is 33.8 Å². The zero-order valence-corrected chi connectivity index (χ0v) is 26.1. The van der Waals surface area contributed by atoms with Crippen molar-refractivity contribution in [3.63, 3.8) is 0 Å². The van der Waals surface area contributed by atoms with Gasteiger partial charge in [-0.3, -0.25) is 0 Å². The molecule has 6 aromatic rings. The van der Waals surface area contributed by atoms with Crippen LogP contribution in [0, 0.1) is 13.8 Å². The fraction of sp³-hybridized carbons (Fsp3) is 0.250. The Bertz CT molecular complexity index is 1710. The fourth-order valence-electron chi connectivity index (χ4n) is 5.07. The first-order valence-corrected chi connectivity index (χ1v) is 16.8. The van der Waals surface area contributed by atoms with Gasteiger partial charge in [-0.05, 0) is 102 Å². The van der Waals surface area contributed by atoms with Gasteiger partial charge >= 0.3 is 0 Å². The summed E-state index contributed by atoms with van der Waals surface area (Å²) in [6.45, 7) is 13.7. The Morgan fingerprint density at radius 1 is 0.486 bits per heavy atom. The monoisotopic (exact) mass is 574 g/mol. The molecule has 0 saturated heterocycles. The van der Waals surface area contributed by atoms with E-state index in [1.807, 2.05) is 56.7 Å². The van der Waals surface area contributed by atoms with Crippen LogP contribution in [0.1, 0.15) is 61.1 Å². The highest BCUT2D eigenvalue weighted by Crippen LogP contribution is 2.47. The van der Waals surface area contributed by atoms with E-state index in [1.165, 1.54) is 70.7 Å². The third-order valence-corrected chi connectivity index (χ3v) is 13.0. The van der Waals surface area contributed by atoms with E-state index in [4.69, 9.17) is 0 Å². The lowest BCUT2D eigenvalue weighted by Crippen LogP contribution is -1.97. The molecule has 5 heteroatoms. The van der Waals surface area contributed by atoms with Crippen LogP contribution in [0.5, 0.6) is 0 Å². The van der Waals surface area contributed by atoms with Crippen molar-refractivity contribution >= 4 is 66.8 Å². The maximum Gasteiger partial charge on any atom is 0.0455 e. The lowest BCUT2D eigenvalue weighted by molar-refractivity contribution is 0.852. The molecule has 0 unspecified atom stereocenters. The van der Waals surface area contributed by atoms with E-state index < -0.39 is 0 Å². The first kappa shape index (κ1) is 25.3. The molecular weight excluding hydrogens is 545 g/mol. The lowest BCUT2D eigenvalue weighted by atomic mass is 9.90. The van der Waals surface area contributed by atoms with Crippen LogP contribution in [0.25, 0.3) is 49.1 Å². The molecule has 0 saturated carbocycles. The Hall–Kier alpha value is -2.02.